The van der Waals surface area contributed by atoms with Crippen molar-refractivity contribution in [2.75, 3.05) is 4.90 Å². The van der Waals surface area contributed by atoms with Gasteiger partial charge in [-0.15, -0.1) is 0 Å². The van der Waals surface area contributed by atoms with Crippen LogP contribution in [0.3, 0.4) is 0 Å². The fourth-order valence-corrected chi connectivity index (χ4v) is 5.66. The first-order valence-corrected chi connectivity index (χ1v) is 11.3. The molecule has 2 heterocycles. The summed E-state index contributed by atoms with van der Waals surface area (Å²) in [5.41, 5.74) is 0.157. The second-order valence-electron chi connectivity index (χ2n) is 8.86. The molecule has 0 saturated carbocycles. The lowest BCUT2D eigenvalue weighted by Gasteiger charge is -2.27. The van der Waals surface area contributed by atoms with Gasteiger partial charge in [0.05, 0.1) is 28.6 Å². The molecule has 2 fully saturated rings. The molecule has 168 valence electrons. The van der Waals surface area contributed by atoms with Crippen LogP contribution in [0.1, 0.15) is 37.9 Å². The van der Waals surface area contributed by atoms with Crippen LogP contribution in [0.5, 0.6) is 0 Å². The highest BCUT2D eigenvalue weighted by Crippen LogP contribution is 2.58. The van der Waals surface area contributed by atoms with Crippen LogP contribution in [0.15, 0.2) is 72.8 Å². The number of rotatable bonds is 2. The van der Waals surface area contributed by atoms with E-state index in [0.717, 1.165) is 10.5 Å². The number of ether oxygens (including phenoxy) is 1. The normalized spacial score (nSPS) is 24.8. The lowest BCUT2D eigenvalue weighted by atomic mass is 9.77. The molecule has 2 amide bonds. The van der Waals surface area contributed by atoms with E-state index in [-0.39, 0.29) is 21.8 Å². The third-order valence-corrected chi connectivity index (χ3v) is 7.34. The summed E-state index contributed by atoms with van der Waals surface area (Å²) >= 11 is 6.33. The zero-order valence-corrected chi connectivity index (χ0v) is 18.8. The summed E-state index contributed by atoms with van der Waals surface area (Å²) in [5, 5.41) is 0.221. The maximum Gasteiger partial charge on any atom is 0.241 e. The van der Waals surface area contributed by atoms with Crippen molar-refractivity contribution >= 4 is 40.7 Å². The third-order valence-electron chi connectivity index (χ3n) is 7.02. The Kier molecular flexibility index (Phi) is 4.43. The molecule has 2 saturated heterocycles. The molecule has 1 aliphatic carbocycles. The Bertz CT molecular complexity index is 1380. The summed E-state index contributed by atoms with van der Waals surface area (Å²) in [5.74, 6) is -4.71. The number of para-hydroxylation sites is 1. The Balaban J connectivity index is 1.56. The first-order valence-electron chi connectivity index (χ1n) is 10.9. The molecule has 3 aliphatic rings. The average Bonchev–Trinajstić information content (AvgIpc) is 3.40. The number of aryl methyl sites for hydroxylation is 1. The van der Waals surface area contributed by atoms with E-state index < -0.39 is 46.9 Å². The van der Waals surface area contributed by atoms with Crippen molar-refractivity contribution < 1.29 is 23.9 Å². The van der Waals surface area contributed by atoms with E-state index in [9.17, 15) is 19.2 Å². The number of halogens is 1. The molecule has 2 aliphatic heterocycles. The van der Waals surface area contributed by atoms with Crippen LogP contribution in [-0.2, 0) is 14.3 Å². The van der Waals surface area contributed by atoms with Crippen LogP contribution in [-0.4, -0.2) is 29.0 Å². The number of anilines is 1. The van der Waals surface area contributed by atoms with E-state index >= 15 is 0 Å². The molecule has 0 unspecified atom stereocenters. The van der Waals surface area contributed by atoms with E-state index in [0.29, 0.717) is 5.56 Å². The summed E-state index contributed by atoms with van der Waals surface area (Å²) in [4.78, 5) is 56.1. The molecular weight excluding hydrogens is 454 g/mol. The first kappa shape index (κ1) is 21.0. The second-order valence-corrected chi connectivity index (χ2v) is 9.26. The highest BCUT2D eigenvalue weighted by molar-refractivity contribution is 6.39. The van der Waals surface area contributed by atoms with Gasteiger partial charge in [-0.05, 0) is 24.6 Å². The van der Waals surface area contributed by atoms with Crippen LogP contribution >= 0.6 is 11.6 Å². The number of amides is 2. The maximum atomic E-state index is 13.8. The van der Waals surface area contributed by atoms with Gasteiger partial charge in [-0.1, -0.05) is 77.8 Å². The number of nitrogens with zero attached hydrogens (tertiary/aromatic N) is 1. The smallest absolute Gasteiger partial charge is 0.241 e. The van der Waals surface area contributed by atoms with Crippen molar-refractivity contribution in [1.82, 2.24) is 0 Å². The molecule has 3 aromatic carbocycles. The number of benzene rings is 3. The maximum absolute atomic E-state index is 13.8. The van der Waals surface area contributed by atoms with Crippen molar-refractivity contribution in [3.8, 4) is 0 Å². The first-order chi connectivity index (χ1) is 16.4. The van der Waals surface area contributed by atoms with Gasteiger partial charge in [0.2, 0.25) is 29.0 Å². The van der Waals surface area contributed by atoms with Crippen LogP contribution in [0, 0.1) is 18.8 Å². The van der Waals surface area contributed by atoms with E-state index in [2.05, 4.69) is 0 Å². The molecule has 0 N–H and O–H groups in total. The summed E-state index contributed by atoms with van der Waals surface area (Å²) in [6, 6.07) is 20.2. The van der Waals surface area contributed by atoms with Gasteiger partial charge in [0, 0.05) is 11.1 Å². The van der Waals surface area contributed by atoms with Gasteiger partial charge in [0.25, 0.3) is 0 Å². The standard InChI is InChI=1S/C27H18ClNO5/c1-14-10-12-15(13-11-14)22-20-21(26(33)29(25(20)32)19-9-5-4-8-18(19)28)27(34-22)23(30)16-6-2-3-7-17(16)24(27)31/h2-13,20-22H,1H3/t20-,21-,22+/m1/s1. The summed E-state index contributed by atoms with van der Waals surface area (Å²) in [6.45, 7) is 1.92. The van der Waals surface area contributed by atoms with Gasteiger partial charge in [-0.25, -0.2) is 4.90 Å². The Labute approximate surface area is 200 Å². The van der Waals surface area contributed by atoms with Crippen LogP contribution in [0.4, 0.5) is 5.69 Å². The number of ketones is 2. The molecular formula is C27H18ClNO5. The fourth-order valence-electron chi connectivity index (χ4n) is 5.44. The largest absolute Gasteiger partial charge is 0.349 e. The molecule has 6 nitrogen and oxygen atoms in total. The molecule has 6 rings (SSSR count). The molecule has 7 heteroatoms. The SMILES string of the molecule is Cc1ccc([C@@H]2OC3(C(=O)c4ccccc4C3=O)[C@H]3C(=O)N(c4ccccc4Cl)C(=O)[C@@H]23)cc1. The summed E-state index contributed by atoms with van der Waals surface area (Å²) < 4.78 is 6.26. The van der Waals surface area contributed by atoms with Gasteiger partial charge in [-0.3, -0.25) is 19.2 Å². The van der Waals surface area contributed by atoms with Crippen LogP contribution in [0.25, 0.3) is 0 Å². The monoisotopic (exact) mass is 471 g/mol. The Morgan fingerprint density at radius 1 is 0.794 bits per heavy atom. The molecule has 3 aromatic rings. The zero-order valence-electron chi connectivity index (χ0n) is 18.0. The number of hydrogen-bond acceptors (Lipinski definition) is 5. The topological polar surface area (TPSA) is 80.8 Å². The van der Waals surface area contributed by atoms with Crippen LogP contribution < -0.4 is 4.90 Å². The minimum absolute atomic E-state index is 0.201. The number of hydrogen-bond donors (Lipinski definition) is 0. The predicted molar refractivity (Wildman–Crippen MR) is 124 cm³/mol. The number of carbonyl (C=O) groups is 4. The molecule has 0 aromatic heterocycles. The predicted octanol–water partition coefficient (Wildman–Crippen LogP) is 4.34. The zero-order chi connectivity index (χ0) is 23.8. The van der Waals surface area contributed by atoms with E-state index in [1.165, 1.54) is 0 Å². The van der Waals surface area contributed by atoms with Crippen molar-refractivity contribution in [2.24, 2.45) is 11.8 Å². The quantitative estimate of drug-likeness (QED) is 0.410. The second kappa shape index (κ2) is 7.19. The minimum Gasteiger partial charge on any atom is -0.349 e. The Morgan fingerprint density at radius 2 is 1.38 bits per heavy atom. The van der Waals surface area contributed by atoms with Gasteiger partial charge in [0.15, 0.2) is 0 Å². The van der Waals surface area contributed by atoms with E-state index in [4.69, 9.17) is 16.3 Å². The Hall–Kier alpha value is -3.61. The minimum atomic E-state index is -2.09. The van der Waals surface area contributed by atoms with Crippen LogP contribution in [0.2, 0.25) is 5.02 Å². The summed E-state index contributed by atoms with van der Waals surface area (Å²) in [6.07, 6.45) is -0.947. The number of Topliss-reactive ketones (excluding diaryl/α,β-unsaturated/α-hetero) is 2. The molecule has 3 atom stereocenters. The lowest BCUT2D eigenvalue weighted by Crippen LogP contribution is -2.51. The third kappa shape index (κ3) is 2.55. The number of fused-ring (bicyclic) bond motifs is 3. The van der Waals surface area contributed by atoms with Gasteiger partial charge < -0.3 is 4.74 Å². The molecule has 34 heavy (non-hydrogen) atoms. The number of imide groups is 1. The average molecular weight is 472 g/mol. The van der Waals surface area contributed by atoms with Gasteiger partial charge in [0.1, 0.15) is 0 Å². The fraction of sp³-hybridized carbons (Fsp3) is 0.185. The highest BCUT2D eigenvalue weighted by atomic mass is 35.5. The Morgan fingerprint density at radius 3 is 2.00 bits per heavy atom. The van der Waals surface area contributed by atoms with Gasteiger partial charge in [-0.2, -0.15) is 0 Å². The molecule has 0 bridgehead atoms. The van der Waals surface area contributed by atoms with Crippen molar-refractivity contribution in [2.45, 2.75) is 18.6 Å². The highest BCUT2D eigenvalue weighted by Gasteiger charge is 2.74. The molecule has 1 spiro atoms. The lowest BCUT2D eigenvalue weighted by molar-refractivity contribution is -0.127. The van der Waals surface area contributed by atoms with E-state index in [1.54, 1.807) is 60.7 Å². The van der Waals surface area contributed by atoms with Crippen molar-refractivity contribution in [3.63, 3.8) is 0 Å². The number of carbonyl (C=O) groups excluding carboxylic acids is 4. The summed E-state index contributed by atoms with van der Waals surface area (Å²) in [7, 11) is 0. The molecule has 0 radical (unpaired) electrons. The van der Waals surface area contributed by atoms with Crippen molar-refractivity contribution in [1.29, 1.82) is 0 Å². The van der Waals surface area contributed by atoms with Gasteiger partial charge >= 0.3 is 0 Å². The van der Waals surface area contributed by atoms with E-state index in [1.807, 2.05) is 19.1 Å². The van der Waals surface area contributed by atoms with Crippen molar-refractivity contribution in [3.05, 3.63) is 100 Å².